The standard InChI is InChI=1S/C68H74BN2S/c1-40-19-15-16-20-44(40)42-32-48(46-35-52-53(67(11,12)29-28-66(52,9)10)37-56(46)70-43-23-24-49-51(34-43)65(7,8)26-25-63(49,3)4)62-59(33-42)71(57-38-54-50(31-41(57)2)64(5,6)27-30-68(54,13)14)58-39-61-47(36-55(58)69-62)45-21-17-18-22-60(45)72-61/h15-24,31-39,70H,25-30H2,1-14H3. The van der Waals surface area contributed by atoms with Crippen LogP contribution >= 0.6 is 11.3 Å². The molecule has 8 aromatic rings. The van der Waals surface area contributed by atoms with E-state index >= 15 is 0 Å². The molecule has 1 N–H and O–H groups in total. The molecule has 0 spiro atoms. The summed E-state index contributed by atoms with van der Waals surface area (Å²) in [5.74, 6) is 0. The molecule has 3 aliphatic carbocycles. The lowest BCUT2D eigenvalue weighted by Crippen LogP contribution is -2.41. The number of fused-ring (bicyclic) bond motifs is 8. The smallest absolute Gasteiger partial charge is 0.197 e. The summed E-state index contributed by atoms with van der Waals surface area (Å²) < 4.78 is 2.66. The van der Waals surface area contributed by atoms with Gasteiger partial charge in [0.1, 0.15) is 0 Å². The Bertz CT molecular complexity index is 3570. The van der Waals surface area contributed by atoms with Gasteiger partial charge in [-0.25, -0.2) is 0 Å². The molecule has 2 heterocycles. The maximum Gasteiger partial charge on any atom is 0.197 e. The van der Waals surface area contributed by atoms with Crippen LogP contribution in [-0.2, 0) is 32.5 Å². The third-order valence-electron chi connectivity index (χ3n) is 18.7. The highest BCUT2D eigenvalue weighted by atomic mass is 32.1. The molecule has 7 aromatic carbocycles. The molecular weight excluding hydrogens is 888 g/mol. The molecule has 72 heavy (non-hydrogen) atoms. The van der Waals surface area contributed by atoms with E-state index in [1.165, 1.54) is 146 Å². The van der Waals surface area contributed by atoms with Gasteiger partial charge in [0.15, 0.2) is 7.28 Å². The molecule has 0 fully saturated rings. The average Bonchev–Trinajstić information content (AvgIpc) is 3.69. The average molecular weight is 962 g/mol. The van der Waals surface area contributed by atoms with E-state index in [1.54, 1.807) is 0 Å². The second-order valence-electron chi connectivity index (χ2n) is 26.6. The van der Waals surface area contributed by atoms with Crippen LogP contribution in [-0.4, -0.2) is 7.28 Å². The summed E-state index contributed by atoms with van der Waals surface area (Å²) in [5, 5.41) is 6.88. The van der Waals surface area contributed by atoms with Crippen molar-refractivity contribution in [1.29, 1.82) is 0 Å². The van der Waals surface area contributed by atoms with Gasteiger partial charge in [0.2, 0.25) is 0 Å². The number of anilines is 5. The minimum atomic E-state index is 0.0159. The summed E-state index contributed by atoms with van der Waals surface area (Å²) in [6.07, 6.45) is 7.05. The number of hydrogen-bond acceptors (Lipinski definition) is 3. The molecule has 1 radical (unpaired) electrons. The van der Waals surface area contributed by atoms with Gasteiger partial charge in [0.25, 0.3) is 0 Å². The summed E-state index contributed by atoms with van der Waals surface area (Å²) in [5.41, 5.74) is 25.6. The Morgan fingerprint density at radius 1 is 0.431 bits per heavy atom. The third kappa shape index (κ3) is 7.46. The van der Waals surface area contributed by atoms with Crippen LogP contribution in [0, 0.1) is 13.8 Å². The fourth-order valence-corrected chi connectivity index (χ4v) is 14.7. The number of nitrogens with zero attached hydrogens (tertiary/aromatic N) is 1. The molecule has 0 saturated carbocycles. The Morgan fingerprint density at radius 3 is 1.67 bits per heavy atom. The Balaban J connectivity index is 1.18. The van der Waals surface area contributed by atoms with Crippen LogP contribution in [0.2, 0.25) is 0 Å². The number of aryl methyl sites for hydroxylation is 2. The first-order valence-electron chi connectivity index (χ1n) is 27.0. The van der Waals surface area contributed by atoms with Crippen molar-refractivity contribution in [3.05, 3.63) is 160 Å². The van der Waals surface area contributed by atoms with E-state index in [-0.39, 0.29) is 32.5 Å². The van der Waals surface area contributed by atoms with E-state index in [4.69, 9.17) is 0 Å². The van der Waals surface area contributed by atoms with Gasteiger partial charge in [-0.05, 0) is 212 Å². The van der Waals surface area contributed by atoms with Crippen molar-refractivity contribution >= 4 is 78.2 Å². The van der Waals surface area contributed by atoms with Gasteiger partial charge < -0.3 is 10.2 Å². The van der Waals surface area contributed by atoms with Crippen molar-refractivity contribution in [2.75, 3.05) is 10.2 Å². The molecule has 0 amide bonds. The summed E-state index contributed by atoms with van der Waals surface area (Å²) in [4.78, 5) is 2.68. The van der Waals surface area contributed by atoms with Crippen molar-refractivity contribution in [2.45, 2.75) is 168 Å². The Kier molecular flexibility index (Phi) is 10.5. The number of nitrogens with one attached hydrogen (secondary N) is 1. The van der Waals surface area contributed by atoms with Crippen LogP contribution in [0.1, 0.15) is 166 Å². The summed E-state index contributed by atoms with van der Waals surface area (Å²) >= 11 is 1.92. The van der Waals surface area contributed by atoms with E-state index in [0.717, 1.165) is 18.5 Å². The maximum atomic E-state index is 4.22. The summed E-state index contributed by atoms with van der Waals surface area (Å²) in [6, 6.07) is 45.7. The van der Waals surface area contributed by atoms with Crippen molar-refractivity contribution in [1.82, 2.24) is 0 Å². The van der Waals surface area contributed by atoms with Crippen molar-refractivity contribution < 1.29 is 0 Å². The van der Waals surface area contributed by atoms with Gasteiger partial charge in [-0.2, -0.15) is 0 Å². The van der Waals surface area contributed by atoms with Crippen LogP contribution in [0.3, 0.4) is 0 Å². The minimum absolute atomic E-state index is 0.0159. The first-order valence-corrected chi connectivity index (χ1v) is 27.9. The zero-order valence-corrected chi connectivity index (χ0v) is 46.5. The van der Waals surface area contributed by atoms with E-state index in [2.05, 4.69) is 230 Å². The fourth-order valence-electron chi connectivity index (χ4n) is 13.6. The predicted molar refractivity (Wildman–Crippen MR) is 315 cm³/mol. The molecule has 365 valence electrons. The normalized spacial score (nSPS) is 19.4. The van der Waals surface area contributed by atoms with E-state index in [1.807, 2.05) is 11.3 Å². The molecule has 0 unspecified atom stereocenters. The lowest BCUT2D eigenvalue weighted by Gasteiger charge is -2.44. The van der Waals surface area contributed by atoms with Crippen LogP contribution in [0.5, 0.6) is 0 Å². The van der Waals surface area contributed by atoms with Gasteiger partial charge in [-0.1, -0.05) is 149 Å². The van der Waals surface area contributed by atoms with Gasteiger partial charge in [0, 0.05) is 48.8 Å². The van der Waals surface area contributed by atoms with Crippen molar-refractivity contribution in [3.8, 4) is 22.3 Å². The molecule has 2 nitrogen and oxygen atoms in total. The highest BCUT2D eigenvalue weighted by molar-refractivity contribution is 7.25. The van der Waals surface area contributed by atoms with Gasteiger partial charge >= 0.3 is 0 Å². The van der Waals surface area contributed by atoms with Crippen LogP contribution < -0.4 is 21.1 Å². The Labute approximate surface area is 435 Å². The molecule has 12 rings (SSSR count). The molecule has 4 heteroatoms. The predicted octanol–water partition coefficient (Wildman–Crippen LogP) is 18.2. The summed E-state index contributed by atoms with van der Waals surface area (Å²) in [7, 11) is 2.55. The van der Waals surface area contributed by atoms with Gasteiger partial charge in [-0.3, -0.25) is 0 Å². The van der Waals surface area contributed by atoms with E-state index in [0.29, 0.717) is 0 Å². The first kappa shape index (κ1) is 47.4. The minimum Gasteiger partial charge on any atom is -0.355 e. The van der Waals surface area contributed by atoms with Crippen molar-refractivity contribution in [3.63, 3.8) is 0 Å². The molecular formula is C68H74BN2S. The SMILES string of the molecule is Cc1ccccc1-c1cc(-c2cc3c(cc2Nc2ccc4c(c2)C(C)(C)CCC4(C)C)C(C)(C)CCC3(C)C)c2c(c1)N(c1cc3c(cc1C)C(C)(C)CCC3(C)C)c1cc3sc4ccccc4c3cc1[B]2. The van der Waals surface area contributed by atoms with Gasteiger partial charge in [0.05, 0.1) is 0 Å². The van der Waals surface area contributed by atoms with Crippen LogP contribution in [0.4, 0.5) is 28.4 Å². The number of hydrogen-bond donors (Lipinski definition) is 1. The zero-order chi connectivity index (χ0) is 50.7. The maximum absolute atomic E-state index is 4.22. The van der Waals surface area contributed by atoms with Gasteiger partial charge in [-0.15, -0.1) is 11.3 Å². The monoisotopic (exact) mass is 962 g/mol. The molecule has 4 aliphatic rings. The molecule has 0 bridgehead atoms. The zero-order valence-electron chi connectivity index (χ0n) is 45.6. The molecule has 0 atom stereocenters. The highest BCUT2D eigenvalue weighted by Crippen LogP contribution is 2.54. The molecule has 1 aliphatic heterocycles. The lowest BCUT2D eigenvalue weighted by atomic mass is 9.57. The van der Waals surface area contributed by atoms with Crippen molar-refractivity contribution in [2.24, 2.45) is 0 Å². The highest BCUT2D eigenvalue weighted by Gasteiger charge is 2.42. The number of thiophene rings is 1. The van der Waals surface area contributed by atoms with E-state index in [9.17, 15) is 0 Å². The molecule has 1 aromatic heterocycles. The Hall–Kier alpha value is -5.58. The lowest BCUT2D eigenvalue weighted by molar-refractivity contribution is 0.332. The Morgan fingerprint density at radius 2 is 1.00 bits per heavy atom. The second kappa shape index (κ2) is 16.0. The molecule has 0 saturated heterocycles. The first-order chi connectivity index (χ1) is 33.9. The fraction of sp³-hybridized carbons (Fsp3) is 0.382. The second-order valence-corrected chi connectivity index (χ2v) is 27.7. The number of rotatable bonds is 5. The summed E-state index contributed by atoms with van der Waals surface area (Å²) in [6.45, 7) is 34.1. The van der Waals surface area contributed by atoms with Crippen LogP contribution in [0.25, 0.3) is 42.4 Å². The van der Waals surface area contributed by atoms with Crippen LogP contribution in [0.15, 0.2) is 115 Å². The van der Waals surface area contributed by atoms with E-state index < -0.39 is 0 Å². The number of benzene rings is 7. The topological polar surface area (TPSA) is 15.3 Å². The third-order valence-corrected chi connectivity index (χ3v) is 19.9. The quantitative estimate of drug-likeness (QED) is 0.173. The largest absolute Gasteiger partial charge is 0.355 e.